The maximum Gasteiger partial charge on any atom is 0.416 e. The monoisotopic (exact) mass is 490 g/mol. The first kappa shape index (κ1) is 22.9. The second kappa shape index (κ2) is 8.57. The molecule has 1 aromatic heterocycles. The van der Waals surface area contributed by atoms with Crippen LogP contribution < -0.4 is 5.32 Å². The van der Waals surface area contributed by atoms with Crippen LogP contribution in [0.5, 0.6) is 0 Å². The molecule has 0 aliphatic rings. The third kappa shape index (κ3) is 4.47. The van der Waals surface area contributed by atoms with Gasteiger partial charge in [0.1, 0.15) is 0 Å². The molecule has 9 heteroatoms. The number of carbonyl (C=O) groups excluding carboxylic acids is 2. The van der Waals surface area contributed by atoms with Crippen molar-refractivity contribution in [3.05, 3.63) is 99.2 Å². The fourth-order valence-corrected chi connectivity index (χ4v) is 4.11. The number of carbonyl (C=O) groups is 2. The van der Waals surface area contributed by atoms with Crippen LogP contribution in [-0.2, 0) is 6.18 Å². The Balaban J connectivity index is 1.66. The first-order valence-corrected chi connectivity index (χ1v) is 10.4. The summed E-state index contributed by atoms with van der Waals surface area (Å²) in [5, 5.41) is 3.68. The van der Waals surface area contributed by atoms with Crippen molar-refractivity contribution in [2.45, 2.75) is 13.1 Å². The van der Waals surface area contributed by atoms with E-state index < -0.39 is 23.6 Å². The summed E-state index contributed by atoms with van der Waals surface area (Å²) >= 11 is 12.4. The van der Waals surface area contributed by atoms with E-state index in [-0.39, 0.29) is 21.2 Å². The number of anilines is 1. The van der Waals surface area contributed by atoms with Gasteiger partial charge in [0.2, 0.25) is 0 Å². The van der Waals surface area contributed by atoms with Crippen LogP contribution in [0, 0.1) is 6.92 Å². The highest BCUT2D eigenvalue weighted by Gasteiger charge is 2.31. The Bertz CT molecular complexity index is 1390. The average Bonchev–Trinajstić information content (AvgIpc) is 3.08. The van der Waals surface area contributed by atoms with Gasteiger partial charge in [0.15, 0.2) is 0 Å². The summed E-state index contributed by atoms with van der Waals surface area (Å²) in [6, 6.07) is 15.5. The van der Waals surface area contributed by atoms with Crippen LogP contribution in [0.15, 0.2) is 66.7 Å². The van der Waals surface area contributed by atoms with Crippen molar-refractivity contribution in [3.63, 3.8) is 0 Å². The Morgan fingerprint density at radius 1 is 0.909 bits per heavy atom. The van der Waals surface area contributed by atoms with Crippen molar-refractivity contribution >= 4 is 51.6 Å². The van der Waals surface area contributed by atoms with E-state index in [1.54, 1.807) is 49.4 Å². The number of aromatic nitrogens is 1. The van der Waals surface area contributed by atoms with Gasteiger partial charge in [-0.1, -0.05) is 35.3 Å². The Morgan fingerprint density at radius 3 is 2.24 bits per heavy atom. The lowest BCUT2D eigenvalue weighted by molar-refractivity contribution is -0.137. The van der Waals surface area contributed by atoms with Crippen molar-refractivity contribution in [3.8, 4) is 0 Å². The molecule has 3 aromatic carbocycles. The van der Waals surface area contributed by atoms with Gasteiger partial charge < -0.3 is 5.32 Å². The topological polar surface area (TPSA) is 51.1 Å². The first-order valence-electron chi connectivity index (χ1n) is 9.65. The lowest BCUT2D eigenvalue weighted by atomic mass is 10.1. The summed E-state index contributed by atoms with van der Waals surface area (Å²) < 4.78 is 40.3. The van der Waals surface area contributed by atoms with Crippen LogP contribution in [0.3, 0.4) is 0 Å². The predicted octanol–water partition coefficient (Wildman–Crippen LogP) is 7.22. The maximum atomic E-state index is 13.2. The Kier molecular flexibility index (Phi) is 5.95. The minimum atomic E-state index is -4.55. The number of alkyl halides is 3. The van der Waals surface area contributed by atoms with E-state index in [1.807, 2.05) is 0 Å². The Hall–Kier alpha value is -3.29. The van der Waals surface area contributed by atoms with Crippen molar-refractivity contribution in [1.82, 2.24) is 4.57 Å². The number of nitrogens with zero attached hydrogens (tertiary/aromatic N) is 1. The Morgan fingerprint density at radius 2 is 1.58 bits per heavy atom. The molecule has 4 rings (SSSR count). The fraction of sp³-hybridized carbons (Fsp3) is 0.0833. The number of hydrogen-bond acceptors (Lipinski definition) is 2. The molecule has 4 aromatic rings. The molecule has 0 saturated carbocycles. The van der Waals surface area contributed by atoms with Gasteiger partial charge in [-0.05, 0) is 61.5 Å². The molecular formula is C24H15Cl2F3N2O2. The second-order valence-electron chi connectivity index (χ2n) is 7.33. The summed E-state index contributed by atoms with van der Waals surface area (Å²) in [4.78, 5) is 25.7. The molecule has 1 heterocycles. The normalized spacial score (nSPS) is 11.6. The van der Waals surface area contributed by atoms with Gasteiger partial charge in [-0.3, -0.25) is 14.2 Å². The molecule has 4 nitrogen and oxygen atoms in total. The SMILES string of the molecule is Cc1cc2cc(NC(=O)c3cccc(C(F)(F)F)c3)ccc2n1C(=O)c1c(Cl)cccc1Cl. The number of amides is 1. The van der Waals surface area contributed by atoms with Crippen LogP contribution in [0.1, 0.15) is 32.0 Å². The summed E-state index contributed by atoms with van der Waals surface area (Å²) in [7, 11) is 0. The molecule has 0 radical (unpaired) electrons. The van der Waals surface area contributed by atoms with E-state index in [4.69, 9.17) is 23.2 Å². The largest absolute Gasteiger partial charge is 0.416 e. The third-order valence-electron chi connectivity index (χ3n) is 5.08. The van der Waals surface area contributed by atoms with Crippen molar-refractivity contribution < 1.29 is 22.8 Å². The van der Waals surface area contributed by atoms with Gasteiger partial charge in [-0.15, -0.1) is 0 Å². The van der Waals surface area contributed by atoms with E-state index in [0.29, 0.717) is 22.3 Å². The fourth-order valence-electron chi connectivity index (χ4n) is 3.55. The van der Waals surface area contributed by atoms with Crippen molar-refractivity contribution in [2.24, 2.45) is 0 Å². The molecule has 1 N–H and O–H groups in total. The molecule has 33 heavy (non-hydrogen) atoms. The summed E-state index contributed by atoms with van der Waals surface area (Å²) in [6.45, 7) is 1.74. The summed E-state index contributed by atoms with van der Waals surface area (Å²) in [5.74, 6) is -1.09. The first-order chi connectivity index (χ1) is 15.6. The third-order valence-corrected chi connectivity index (χ3v) is 5.71. The average molecular weight is 491 g/mol. The van der Waals surface area contributed by atoms with Gasteiger partial charge in [0.05, 0.1) is 26.7 Å². The van der Waals surface area contributed by atoms with Crippen molar-refractivity contribution in [2.75, 3.05) is 5.32 Å². The molecule has 0 fully saturated rings. The molecule has 0 atom stereocenters. The highest BCUT2D eigenvalue weighted by molar-refractivity contribution is 6.40. The molecule has 0 aliphatic carbocycles. The zero-order valence-electron chi connectivity index (χ0n) is 17.0. The predicted molar refractivity (Wildman–Crippen MR) is 122 cm³/mol. The Labute approximate surface area is 196 Å². The molecule has 0 unspecified atom stereocenters. The quantitative estimate of drug-likeness (QED) is 0.329. The standard InChI is InChI=1S/C24H15Cl2F3N2O2/c1-13-10-15-12-17(30-22(32)14-4-2-5-16(11-14)24(27,28)29)8-9-20(15)31(13)23(33)21-18(25)6-3-7-19(21)26/h2-12H,1H3,(H,30,32). The number of aryl methyl sites for hydroxylation is 1. The molecule has 0 aliphatic heterocycles. The highest BCUT2D eigenvalue weighted by Crippen LogP contribution is 2.31. The van der Waals surface area contributed by atoms with Crippen molar-refractivity contribution in [1.29, 1.82) is 0 Å². The molecule has 168 valence electrons. The van der Waals surface area contributed by atoms with E-state index in [2.05, 4.69) is 5.32 Å². The van der Waals surface area contributed by atoms with Crippen LogP contribution in [-0.4, -0.2) is 16.4 Å². The van der Waals surface area contributed by atoms with Crippen LogP contribution in [0.2, 0.25) is 10.0 Å². The van der Waals surface area contributed by atoms with Gasteiger partial charge in [-0.2, -0.15) is 13.2 Å². The second-order valence-corrected chi connectivity index (χ2v) is 8.14. The number of nitrogens with one attached hydrogen (secondary N) is 1. The summed E-state index contributed by atoms with van der Waals surface area (Å²) in [6.07, 6.45) is -4.55. The number of hydrogen-bond donors (Lipinski definition) is 1. The van der Waals surface area contributed by atoms with Gasteiger partial charge in [0.25, 0.3) is 11.8 Å². The molecule has 0 spiro atoms. The van der Waals surface area contributed by atoms with Gasteiger partial charge in [-0.25, -0.2) is 0 Å². The number of halogens is 5. The number of benzene rings is 3. The maximum absolute atomic E-state index is 13.2. The lowest BCUT2D eigenvalue weighted by Gasteiger charge is -2.11. The van der Waals surface area contributed by atoms with E-state index >= 15 is 0 Å². The summed E-state index contributed by atoms with van der Waals surface area (Å²) in [5.41, 5.74) is 0.684. The molecular weight excluding hydrogens is 476 g/mol. The van der Waals surface area contributed by atoms with E-state index in [0.717, 1.165) is 12.1 Å². The lowest BCUT2D eigenvalue weighted by Crippen LogP contribution is -2.15. The highest BCUT2D eigenvalue weighted by atomic mass is 35.5. The zero-order valence-corrected chi connectivity index (χ0v) is 18.5. The molecule has 0 bridgehead atoms. The van der Waals surface area contributed by atoms with Gasteiger partial charge >= 0.3 is 6.18 Å². The zero-order chi connectivity index (χ0) is 23.9. The van der Waals surface area contributed by atoms with Gasteiger partial charge in [0, 0.05) is 22.3 Å². The smallest absolute Gasteiger partial charge is 0.322 e. The minimum Gasteiger partial charge on any atom is -0.322 e. The number of fused-ring (bicyclic) bond motifs is 1. The van der Waals surface area contributed by atoms with E-state index in [1.165, 1.54) is 16.7 Å². The van der Waals surface area contributed by atoms with Crippen LogP contribution in [0.4, 0.5) is 18.9 Å². The molecule has 0 saturated heterocycles. The molecule has 1 amide bonds. The van der Waals surface area contributed by atoms with Crippen LogP contribution >= 0.6 is 23.2 Å². The van der Waals surface area contributed by atoms with Crippen LogP contribution in [0.25, 0.3) is 10.9 Å². The van der Waals surface area contributed by atoms with E-state index in [9.17, 15) is 22.8 Å². The number of rotatable bonds is 3. The minimum absolute atomic E-state index is 0.123.